The van der Waals surface area contributed by atoms with E-state index in [0.29, 0.717) is 12.1 Å². The lowest BCUT2D eigenvalue weighted by Gasteiger charge is -2.37. The van der Waals surface area contributed by atoms with Crippen LogP contribution in [0, 0.1) is 12.3 Å². The van der Waals surface area contributed by atoms with E-state index in [1.807, 2.05) is 0 Å². The number of nitrogens with zero attached hydrogens (tertiary/aromatic N) is 1. The van der Waals surface area contributed by atoms with E-state index in [2.05, 4.69) is 53.4 Å². The van der Waals surface area contributed by atoms with Gasteiger partial charge in [0.05, 0.1) is 0 Å². The summed E-state index contributed by atoms with van der Waals surface area (Å²) in [5, 5.41) is 3.57. The van der Waals surface area contributed by atoms with Crippen LogP contribution in [0.25, 0.3) is 0 Å². The summed E-state index contributed by atoms with van der Waals surface area (Å²) in [5.74, 6) is 2.76. The van der Waals surface area contributed by atoms with Gasteiger partial charge in [0.1, 0.15) is 0 Å². The molecule has 0 radical (unpaired) electrons. The number of rotatable bonds is 3. The zero-order chi connectivity index (χ0) is 12.1. The fourth-order valence-corrected chi connectivity index (χ4v) is 2.38. The number of piperazine rings is 1. The second kappa shape index (κ2) is 5.86. The van der Waals surface area contributed by atoms with Crippen molar-refractivity contribution in [2.75, 3.05) is 19.6 Å². The minimum absolute atomic E-state index is 0.435. The van der Waals surface area contributed by atoms with Gasteiger partial charge < -0.3 is 5.32 Å². The predicted molar refractivity (Wildman–Crippen MR) is 71.7 cm³/mol. The van der Waals surface area contributed by atoms with E-state index >= 15 is 0 Å². The molecule has 1 heterocycles. The predicted octanol–water partition coefficient (Wildman–Crippen LogP) is 2.04. The van der Waals surface area contributed by atoms with Crippen molar-refractivity contribution in [2.45, 2.75) is 25.4 Å². The molecule has 1 aliphatic heterocycles. The van der Waals surface area contributed by atoms with Gasteiger partial charge in [-0.05, 0) is 12.5 Å². The van der Waals surface area contributed by atoms with Gasteiger partial charge in [-0.1, -0.05) is 30.3 Å². The van der Waals surface area contributed by atoms with Crippen LogP contribution >= 0.6 is 0 Å². The minimum atomic E-state index is 0.435. The van der Waals surface area contributed by atoms with E-state index in [0.717, 1.165) is 26.1 Å². The third-order valence-corrected chi connectivity index (χ3v) is 3.45. The summed E-state index contributed by atoms with van der Waals surface area (Å²) in [6.45, 7) is 5.39. The molecule has 0 aliphatic carbocycles. The van der Waals surface area contributed by atoms with Crippen LogP contribution in [0.5, 0.6) is 0 Å². The first-order valence-corrected chi connectivity index (χ1v) is 6.27. The second-order valence-electron chi connectivity index (χ2n) is 4.67. The Labute approximate surface area is 104 Å². The van der Waals surface area contributed by atoms with Gasteiger partial charge in [0.25, 0.3) is 0 Å². The van der Waals surface area contributed by atoms with Gasteiger partial charge in [0.2, 0.25) is 0 Å². The molecule has 0 aromatic heterocycles. The highest BCUT2D eigenvalue weighted by atomic mass is 15.2. The lowest BCUT2D eigenvalue weighted by molar-refractivity contribution is 0.155. The van der Waals surface area contributed by atoms with Crippen molar-refractivity contribution in [3.8, 4) is 12.3 Å². The summed E-state index contributed by atoms with van der Waals surface area (Å²) in [4.78, 5) is 2.48. The fourth-order valence-electron chi connectivity index (χ4n) is 2.38. The molecular formula is C15H20N2. The third-order valence-electron chi connectivity index (χ3n) is 3.45. The van der Waals surface area contributed by atoms with Gasteiger partial charge >= 0.3 is 0 Å². The standard InChI is InChI=1S/C15H20N2/c1-3-7-13(2)17-11-10-16-15(12-17)14-8-5-4-6-9-14/h1,4-6,8-9,13,15-16H,7,10-12H2,2H3. The quantitative estimate of drug-likeness (QED) is 0.797. The fraction of sp³-hybridized carbons (Fsp3) is 0.467. The molecule has 0 spiro atoms. The average molecular weight is 228 g/mol. The van der Waals surface area contributed by atoms with Gasteiger partial charge in [-0.3, -0.25) is 4.90 Å². The van der Waals surface area contributed by atoms with Crippen molar-refractivity contribution >= 4 is 0 Å². The number of terminal acetylenes is 1. The zero-order valence-corrected chi connectivity index (χ0v) is 10.4. The molecule has 2 rings (SSSR count). The molecule has 1 aromatic rings. The maximum Gasteiger partial charge on any atom is 0.0449 e. The van der Waals surface area contributed by atoms with Crippen LogP contribution in [0.4, 0.5) is 0 Å². The molecule has 1 saturated heterocycles. The third kappa shape index (κ3) is 3.09. The molecular weight excluding hydrogens is 208 g/mol. The summed E-state index contributed by atoms with van der Waals surface area (Å²) in [7, 11) is 0. The highest BCUT2D eigenvalue weighted by Gasteiger charge is 2.23. The van der Waals surface area contributed by atoms with E-state index < -0.39 is 0 Å². The lowest BCUT2D eigenvalue weighted by Crippen LogP contribution is -2.49. The van der Waals surface area contributed by atoms with Crippen molar-refractivity contribution in [1.29, 1.82) is 0 Å². The van der Waals surface area contributed by atoms with E-state index in [4.69, 9.17) is 6.42 Å². The van der Waals surface area contributed by atoms with Crippen LogP contribution in [-0.4, -0.2) is 30.6 Å². The maximum atomic E-state index is 5.39. The average Bonchev–Trinajstić information content (AvgIpc) is 2.40. The van der Waals surface area contributed by atoms with Crippen molar-refractivity contribution < 1.29 is 0 Å². The van der Waals surface area contributed by atoms with Gasteiger partial charge in [-0.15, -0.1) is 12.3 Å². The molecule has 2 nitrogen and oxygen atoms in total. The topological polar surface area (TPSA) is 15.3 Å². The lowest BCUT2D eigenvalue weighted by atomic mass is 10.0. The van der Waals surface area contributed by atoms with Gasteiger partial charge in [-0.25, -0.2) is 0 Å². The SMILES string of the molecule is C#CCC(C)N1CCNC(c2ccccc2)C1. The largest absolute Gasteiger partial charge is 0.308 e. The van der Waals surface area contributed by atoms with Crippen LogP contribution in [0.2, 0.25) is 0 Å². The molecule has 0 bridgehead atoms. The smallest absolute Gasteiger partial charge is 0.0449 e. The van der Waals surface area contributed by atoms with E-state index in [9.17, 15) is 0 Å². The number of nitrogens with one attached hydrogen (secondary N) is 1. The van der Waals surface area contributed by atoms with Crippen LogP contribution in [0.15, 0.2) is 30.3 Å². The summed E-state index contributed by atoms with van der Waals surface area (Å²) in [6, 6.07) is 11.5. The van der Waals surface area contributed by atoms with E-state index in [-0.39, 0.29) is 0 Å². The number of hydrogen-bond acceptors (Lipinski definition) is 2. The molecule has 1 aliphatic rings. The van der Waals surface area contributed by atoms with Crippen molar-refractivity contribution in [2.24, 2.45) is 0 Å². The molecule has 17 heavy (non-hydrogen) atoms. The van der Waals surface area contributed by atoms with Crippen molar-refractivity contribution in [1.82, 2.24) is 10.2 Å². The normalized spacial score (nSPS) is 22.9. The Balaban J connectivity index is 2.00. The van der Waals surface area contributed by atoms with E-state index in [1.54, 1.807) is 0 Å². The van der Waals surface area contributed by atoms with Crippen LogP contribution in [-0.2, 0) is 0 Å². The zero-order valence-electron chi connectivity index (χ0n) is 10.4. The molecule has 2 unspecified atom stereocenters. The summed E-state index contributed by atoms with van der Waals surface area (Å²) in [6.07, 6.45) is 6.22. The first-order valence-electron chi connectivity index (χ1n) is 6.27. The molecule has 2 heteroatoms. The molecule has 1 aromatic carbocycles. The molecule has 1 N–H and O–H groups in total. The van der Waals surface area contributed by atoms with Crippen LogP contribution in [0.1, 0.15) is 24.9 Å². The van der Waals surface area contributed by atoms with E-state index in [1.165, 1.54) is 5.56 Å². The minimum Gasteiger partial charge on any atom is -0.308 e. The molecule has 1 fully saturated rings. The van der Waals surface area contributed by atoms with Crippen molar-refractivity contribution in [3.05, 3.63) is 35.9 Å². The van der Waals surface area contributed by atoms with Gasteiger partial charge in [0.15, 0.2) is 0 Å². The summed E-state index contributed by atoms with van der Waals surface area (Å²) in [5.41, 5.74) is 1.37. The maximum absolute atomic E-state index is 5.39. The Morgan fingerprint density at radius 1 is 1.47 bits per heavy atom. The monoisotopic (exact) mass is 228 g/mol. The number of benzene rings is 1. The molecule has 0 saturated carbocycles. The first-order chi connectivity index (χ1) is 8.31. The Kier molecular flexibility index (Phi) is 4.19. The molecule has 0 amide bonds. The Morgan fingerprint density at radius 3 is 2.94 bits per heavy atom. The molecule has 2 atom stereocenters. The van der Waals surface area contributed by atoms with Crippen molar-refractivity contribution in [3.63, 3.8) is 0 Å². The van der Waals surface area contributed by atoms with Crippen LogP contribution in [0.3, 0.4) is 0 Å². The van der Waals surface area contributed by atoms with Gasteiger partial charge in [-0.2, -0.15) is 0 Å². The van der Waals surface area contributed by atoms with Gasteiger partial charge in [0, 0.05) is 38.1 Å². The van der Waals surface area contributed by atoms with Crippen LogP contribution < -0.4 is 5.32 Å². The Hall–Kier alpha value is -1.30. The highest BCUT2D eigenvalue weighted by molar-refractivity contribution is 5.19. The number of hydrogen-bond donors (Lipinski definition) is 1. The first kappa shape index (κ1) is 12.2. The Bertz CT molecular complexity index is 380. The summed E-state index contributed by atoms with van der Waals surface area (Å²) < 4.78 is 0. The molecule has 90 valence electrons. The Morgan fingerprint density at radius 2 is 2.24 bits per heavy atom. The summed E-state index contributed by atoms with van der Waals surface area (Å²) >= 11 is 0. The second-order valence-corrected chi connectivity index (χ2v) is 4.67. The highest BCUT2D eigenvalue weighted by Crippen LogP contribution is 2.18.